The molecule has 0 aliphatic heterocycles. The van der Waals surface area contributed by atoms with Gasteiger partial charge in [-0.3, -0.25) is 0 Å². The highest BCUT2D eigenvalue weighted by Crippen LogP contribution is 2.37. The molecule has 0 unspecified atom stereocenters. The van der Waals surface area contributed by atoms with Gasteiger partial charge >= 0.3 is 6.18 Å². The van der Waals surface area contributed by atoms with Gasteiger partial charge < -0.3 is 4.74 Å². The van der Waals surface area contributed by atoms with Crippen LogP contribution in [0.15, 0.2) is 48.5 Å². The Morgan fingerprint density at radius 2 is 1.50 bits per heavy atom. The van der Waals surface area contributed by atoms with Crippen LogP contribution in [0.5, 0.6) is 5.75 Å². The van der Waals surface area contributed by atoms with Crippen molar-refractivity contribution in [1.29, 1.82) is 0 Å². The zero-order valence-corrected chi connectivity index (χ0v) is 10.7. The zero-order chi connectivity index (χ0) is 14.3. The van der Waals surface area contributed by atoms with Crippen LogP contribution in [0, 0.1) is 0 Å². The molecule has 0 saturated carbocycles. The third-order valence-corrected chi connectivity index (χ3v) is 3.36. The van der Waals surface area contributed by atoms with E-state index in [-0.39, 0.29) is 5.39 Å². The van der Waals surface area contributed by atoms with Crippen LogP contribution in [0.25, 0.3) is 21.5 Å². The average molecular weight is 276 g/mol. The van der Waals surface area contributed by atoms with E-state index < -0.39 is 11.7 Å². The van der Waals surface area contributed by atoms with E-state index in [9.17, 15) is 13.2 Å². The van der Waals surface area contributed by atoms with Gasteiger partial charge in [0, 0.05) is 5.39 Å². The topological polar surface area (TPSA) is 9.23 Å². The number of rotatable bonds is 1. The van der Waals surface area contributed by atoms with Gasteiger partial charge in [-0.1, -0.05) is 24.3 Å². The molecule has 3 aromatic rings. The van der Waals surface area contributed by atoms with Crippen molar-refractivity contribution in [3.8, 4) is 5.75 Å². The standard InChI is InChI=1S/C16H11F3O/c1-20-15-7-3-5-11-8-10-4-2-6-14(16(17,18)19)12(10)9-13(11)15/h2-9H,1H3. The molecule has 102 valence electrons. The first-order valence-corrected chi connectivity index (χ1v) is 6.07. The van der Waals surface area contributed by atoms with Gasteiger partial charge in [-0.2, -0.15) is 13.2 Å². The molecule has 0 amide bonds. The molecule has 4 heteroatoms. The summed E-state index contributed by atoms with van der Waals surface area (Å²) in [5.74, 6) is 0.571. The van der Waals surface area contributed by atoms with Crippen molar-refractivity contribution in [3.05, 3.63) is 54.1 Å². The van der Waals surface area contributed by atoms with Crippen LogP contribution in [-0.4, -0.2) is 7.11 Å². The molecule has 3 aromatic carbocycles. The molecule has 0 spiro atoms. The third-order valence-electron chi connectivity index (χ3n) is 3.36. The van der Waals surface area contributed by atoms with E-state index in [2.05, 4.69) is 0 Å². The van der Waals surface area contributed by atoms with Gasteiger partial charge in [0.2, 0.25) is 0 Å². The van der Waals surface area contributed by atoms with Gasteiger partial charge in [0.05, 0.1) is 12.7 Å². The van der Waals surface area contributed by atoms with Crippen molar-refractivity contribution < 1.29 is 17.9 Å². The first kappa shape index (κ1) is 12.8. The SMILES string of the molecule is COc1cccc2cc3cccc(C(F)(F)F)c3cc12. The summed E-state index contributed by atoms with van der Waals surface area (Å²) < 4.78 is 44.4. The first-order valence-electron chi connectivity index (χ1n) is 6.07. The van der Waals surface area contributed by atoms with Crippen LogP contribution in [0.2, 0.25) is 0 Å². The monoisotopic (exact) mass is 276 g/mol. The Labute approximate surface area is 113 Å². The maximum Gasteiger partial charge on any atom is 0.417 e. The molecule has 1 nitrogen and oxygen atoms in total. The minimum atomic E-state index is -4.37. The summed E-state index contributed by atoms with van der Waals surface area (Å²) in [5.41, 5.74) is -0.622. The van der Waals surface area contributed by atoms with E-state index in [0.717, 1.165) is 11.5 Å². The molecule has 0 aliphatic carbocycles. The minimum absolute atomic E-state index is 0.192. The van der Waals surface area contributed by atoms with Crippen LogP contribution < -0.4 is 4.74 Å². The number of fused-ring (bicyclic) bond motifs is 2. The van der Waals surface area contributed by atoms with Gasteiger partial charge in [-0.15, -0.1) is 0 Å². The van der Waals surface area contributed by atoms with Gasteiger partial charge in [0.25, 0.3) is 0 Å². The number of methoxy groups -OCH3 is 1. The summed E-state index contributed by atoms with van der Waals surface area (Å²) in [6, 6.07) is 12.9. The summed E-state index contributed by atoms with van der Waals surface area (Å²) in [7, 11) is 1.51. The Bertz CT molecular complexity index is 791. The summed E-state index contributed by atoms with van der Waals surface area (Å²) in [5, 5.41) is 2.30. The van der Waals surface area contributed by atoms with Gasteiger partial charge in [-0.05, 0) is 40.4 Å². The number of hydrogen-bond donors (Lipinski definition) is 0. The molecule has 0 atom stereocenters. The fraction of sp³-hybridized carbons (Fsp3) is 0.125. The Kier molecular flexibility index (Phi) is 2.82. The second-order valence-electron chi connectivity index (χ2n) is 4.56. The van der Waals surface area contributed by atoms with Crippen LogP contribution in [-0.2, 0) is 6.18 Å². The van der Waals surface area contributed by atoms with Crippen LogP contribution in [0.4, 0.5) is 13.2 Å². The molecule has 0 fully saturated rings. The highest BCUT2D eigenvalue weighted by molar-refractivity contribution is 6.02. The number of alkyl halides is 3. The average Bonchev–Trinajstić information content (AvgIpc) is 2.42. The Morgan fingerprint density at radius 1 is 0.850 bits per heavy atom. The summed E-state index contributed by atoms with van der Waals surface area (Å²) in [6.45, 7) is 0. The van der Waals surface area contributed by atoms with Crippen LogP contribution in [0.1, 0.15) is 5.56 Å². The molecule has 0 aromatic heterocycles. The van der Waals surface area contributed by atoms with E-state index in [1.165, 1.54) is 13.2 Å². The van der Waals surface area contributed by atoms with Crippen molar-refractivity contribution >= 4 is 21.5 Å². The maximum atomic E-state index is 13.1. The van der Waals surface area contributed by atoms with Crippen molar-refractivity contribution in [2.24, 2.45) is 0 Å². The predicted molar refractivity (Wildman–Crippen MR) is 73.0 cm³/mol. The van der Waals surface area contributed by atoms with E-state index >= 15 is 0 Å². The van der Waals surface area contributed by atoms with Crippen LogP contribution in [0.3, 0.4) is 0 Å². The van der Waals surface area contributed by atoms with E-state index in [4.69, 9.17) is 4.74 Å². The molecule has 0 heterocycles. The number of benzene rings is 3. The highest BCUT2D eigenvalue weighted by atomic mass is 19.4. The van der Waals surface area contributed by atoms with Crippen molar-refractivity contribution in [3.63, 3.8) is 0 Å². The summed E-state index contributed by atoms with van der Waals surface area (Å²) >= 11 is 0. The van der Waals surface area contributed by atoms with Gasteiger partial charge in [-0.25, -0.2) is 0 Å². The minimum Gasteiger partial charge on any atom is -0.496 e. The lowest BCUT2D eigenvalue weighted by Crippen LogP contribution is -2.05. The predicted octanol–water partition coefficient (Wildman–Crippen LogP) is 5.02. The lowest BCUT2D eigenvalue weighted by Gasteiger charge is -2.12. The molecule has 0 N–H and O–H groups in total. The summed E-state index contributed by atoms with van der Waals surface area (Å²) in [4.78, 5) is 0. The molecule has 0 aliphatic rings. The smallest absolute Gasteiger partial charge is 0.417 e. The van der Waals surface area contributed by atoms with Gasteiger partial charge in [0.15, 0.2) is 0 Å². The lowest BCUT2D eigenvalue weighted by atomic mass is 9.99. The lowest BCUT2D eigenvalue weighted by molar-refractivity contribution is -0.136. The number of halogens is 3. The molecular weight excluding hydrogens is 265 g/mol. The highest BCUT2D eigenvalue weighted by Gasteiger charge is 2.32. The molecule has 0 radical (unpaired) electrons. The van der Waals surface area contributed by atoms with E-state index in [1.807, 2.05) is 12.1 Å². The number of ether oxygens (including phenoxy) is 1. The second-order valence-corrected chi connectivity index (χ2v) is 4.56. The quantitative estimate of drug-likeness (QED) is 0.567. The van der Waals surface area contributed by atoms with Crippen LogP contribution >= 0.6 is 0 Å². The second kappa shape index (κ2) is 4.40. The Balaban J connectivity index is 2.44. The van der Waals surface area contributed by atoms with Crippen molar-refractivity contribution in [2.75, 3.05) is 7.11 Å². The first-order chi connectivity index (χ1) is 9.50. The van der Waals surface area contributed by atoms with Crippen molar-refractivity contribution in [1.82, 2.24) is 0 Å². The third kappa shape index (κ3) is 1.97. The Hall–Kier alpha value is -2.23. The molecular formula is C16H11F3O. The molecule has 0 saturated heterocycles. The molecule has 3 rings (SSSR count). The normalized spacial score (nSPS) is 12.0. The number of hydrogen-bond acceptors (Lipinski definition) is 1. The molecule has 0 bridgehead atoms. The van der Waals surface area contributed by atoms with E-state index in [1.54, 1.807) is 24.3 Å². The van der Waals surface area contributed by atoms with Crippen molar-refractivity contribution in [2.45, 2.75) is 6.18 Å². The maximum absolute atomic E-state index is 13.1. The van der Waals surface area contributed by atoms with Gasteiger partial charge in [0.1, 0.15) is 5.75 Å². The Morgan fingerprint density at radius 3 is 2.15 bits per heavy atom. The summed E-state index contributed by atoms with van der Waals surface area (Å²) in [6.07, 6.45) is -4.37. The van der Waals surface area contributed by atoms with E-state index in [0.29, 0.717) is 16.5 Å². The molecule has 20 heavy (non-hydrogen) atoms. The fourth-order valence-corrected chi connectivity index (χ4v) is 2.45. The fourth-order valence-electron chi connectivity index (χ4n) is 2.45. The largest absolute Gasteiger partial charge is 0.496 e. The zero-order valence-electron chi connectivity index (χ0n) is 10.7.